The Hall–Kier alpha value is -2.61. The van der Waals surface area contributed by atoms with Crippen LogP contribution in [0.4, 0.5) is 5.13 Å². The van der Waals surface area contributed by atoms with Crippen molar-refractivity contribution in [2.75, 3.05) is 18.1 Å². The largest absolute Gasteiger partial charge is 0.484 e. The minimum Gasteiger partial charge on any atom is -0.484 e. The van der Waals surface area contributed by atoms with Crippen LogP contribution in [0.5, 0.6) is 5.75 Å². The highest BCUT2D eigenvalue weighted by molar-refractivity contribution is 7.22. The molecule has 0 aliphatic heterocycles. The van der Waals surface area contributed by atoms with Gasteiger partial charge in [0.05, 0.1) is 16.0 Å². The van der Waals surface area contributed by atoms with E-state index in [2.05, 4.69) is 23.8 Å². The van der Waals surface area contributed by atoms with Crippen LogP contribution in [0.2, 0.25) is 5.02 Å². The molecule has 0 spiro atoms. The zero-order valence-corrected chi connectivity index (χ0v) is 20.9. The minimum atomic E-state index is -0.140. The van der Waals surface area contributed by atoms with E-state index >= 15 is 0 Å². The number of imidazole rings is 1. The number of rotatable bonds is 9. The van der Waals surface area contributed by atoms with E-state index in [1.165, 1.54) is 16.9 Å². The molecular formula is C24H26Cl2N4O2S. The number of nitrogens with zero attached hydrogens (tertiary/aromatic N) is 4. The van der Waals surface area contributed by atoms with Gasteiger partial charge in [0.25, 0.3) is 5.91 Å². The van der Waals surface area contributed by atoms with E-state index in [0.717, 1.165) is 17.7 Å². The molecule has 174 valence electrons. The van der Waals surface area contributed by atoms with E-state index in [4.69, 9.17) is 16.3 Å². The third kappa shape index (κ3) is 6.25. The number of aryl methyl sites for hydroxylation is 1. The van der Waals surface area contributed by atoms with Crippen molar-refractivity contribution >= 4 is 56.6 Å². The molecule has 2 aromatic heterocycles. The third-order valence-corrected chi connectivity index (χ3v) is 6.51. The van der Waals surface area contributed by atoms with E-state index in [9.17, 15) is 4.79 Å². The Balaban J connectivity index is 0.00000306. The molecule has 2 aromatic carbocycles. The number of carbonyl (C=O) groups is 1. The number of carbonyl (C=O) groups excluding carboxylic acids is 1. The normalized spacial score (nSPS) is 10.9. The molecule has 0 aliphatic carbocycles. The first kappa shape index (κ1) is 25.0. The maximum absolute atomic E-state index is 13.2. The SMILES string of the molecule is CC(C)c1ccc(OCC(=O)N(CCCn2ccnc2)c2nc3c(Cl)cccc3s2)cc1.Cl. The molecule has 0 unspecified atom stereocenters. The summed E-state index contributed by atoms with van der Waals surface area (Å²) in [5.74, 6) is 0.981. The van der Waals surface area contributed by atoms with E-state index in [1.54, 1.807) is 17.4 Å². The highest BCUT2D eigenvalue weighted by atomic mass is 35.5. The fraction of sp³-hybridized carbons (Fsp3) is 0.292. The molecule has 0 N–H and O–H groups in total. The van der Waals surface area contributed by atoms with Crippen molar-refractivity contribution in [2.24, 2.45) is 0 Å². The summed E-state index contributed by atoms with van der Waals surface area (Å²) in [6.07, 6.45) is 6.19. The van der Waals surface area contributed by atoms with Crippen molar-refractivity contribution in [1.82, 2.24) is 14.5 Å². The van der Waals surface area contributed by atoms with Crippen LogP contribution in [-0.4, -0.2) is 33.6 Å². The molecule has 2 heterocycles. The molecule has 4 aromatic rings. The maximum Gasteiger partial charge on any atom is 0.266 e. The van der Waals surface area contributed by atoms with Gasteiger partial charge in [-0.3, -0.25) is 9.69 Å². The van der Waals surface area contributed by atoms with Crippen molar-refractivity contribution < 1.29 is 9.53 Å². The Bertz CT molecular complexity index is 1180. The molecule has 33 heavy (non-hydrogen) atoms. The van der Waals surface area contributed by atoms with Gasteiger partial charge in [-0.05, 0) is 42.2 Å². The van der Waals surface area contributed by atoms with Gasteiger partial charge in [0, 0.05) is 25.5 Å². The predicted octanol–water partition coefficient (Wildman–Crippen LogP) is 6.19. The fourth-order valence-corrected chi connectivity index (χ4v) is 4.66. The molecule has 4 rings (SSSR count). The van der Waals surface area contributed by atoms with Crippen LogP contribution >= 0.6 is 35.3 Å². The Morgan fingerprint density at radius 2 is 2.00 bits per heavy atom. The zero-order valence-electron chi connectivity index (χ0n) is 18.5. The summed E-state index contributed by atoms with van der Waals surface area (Å²) in [5, 5.41) is 1.21. The van der Waals surface area contributed by atoms with Crippen LogP contribution in [0, 0.1) is 0 Å². The summed E-state index contributed by atoms with van der Waals surface area (Å²) in [4.78, 5) is 23.6. The van der Waals surface area contributed by atoms with Gasteiger partial charge < -0.3 is 9.30 Å². The van der Waals surface area contributed by atoms with Gasteiger partial charge in [-0.25, -0.2) is 9.97 Å². The van der Waals surface area contributed by atoms with Crippen LogP contribution in [-0.2, 0) is 11.3 Å². The van der Waals surface area contributed by atoms with Gasteiger partial charge in [-0.2, -0.15) is 0 Å². The van der Waals surface area contributed by atoms with Crippen LogP contribution < -0.4 is 9.64 Å². The highest BCUT2D eigenvalue weighted by Gasteiger charge is 2.21. The number of para-hydroxylation sites is 1. The monoisotopic (exact) mass is 504 g/mol. The van der Waals surface area contributed by atoms with E-state index in [1.807, 2.05) is 53.2 Å². The minimum absolute atomic E-state index is 0. The summed E-state index contributed by atoms with van der Waals surface area (Å²) in [7, 11) is 0. The second kappa shape index (κ2) is 11.5. The Kier molecular flexibility index (Phi) is 8.72. The molecule has 0 saturated heterocycles. The first-order valence-corrected chi connectivity index (χ1v) is 11.7. The summed E-state index contributed by atoms with van der Waals surface area (Å²) in [6.45, 7) is 5.50. The molecule has 1 amide bonds. The number of ether oxygens (including phenoxy) is 1. The molecule has 0 saturated carbocycles. The van der Waals surface area contributed by atoms with Gasteiger partial charge in [-0.15, -0.1) is 12.4 Å². The number of benzene rings is 2. The summed E-state index contributed by atoms with van der Waals surface area (Å²) < 4.78 is 8.74. The fourth-order valence-electron chi connectivity index (χ4n) is 3.35. The van der Waals surface area contributed by atoms with Gasteiger partial charge in [0.1, 0.15) is 11.3 Å². The lowest BCUT2D eigenvalue weighted by atomic mass is 10.0. The number of hydrogen-bond donors (Lipinski definition) is 0. The van der Waals surface area contributed by atoms with Crippen molar-refractivity contribution in [2.45, 2.75) is 32.7 Å². The van der Waals surface area contributed by atoms with Crippen LogP contribution in [0.1, 0.15) is 31.7 Å². The molecule has 0 fully saturated rings. The second-order valence-electron chi connectivity index (χ2n) is 7.79. The molecule has 6 nitrogen and oxygen atoms in total. The quantitative estimate of drug-likeness (QED) is 0.272. The van der Waals surface area contributed by atoms with Crippen LogP contribution in [0.15, 0.2) is 61.2 Å². The molecule has 0 bridgehead atoms. The average Bonchev–Trinajstić information content (AvgIpc) is 3.46. The zero-order chi connectivity index (χ0) is 22.5. The summed E-state index contributed by atoms with van der Waals surface area (Å²) in [6, 6.07) is 13.5. The lowest BCUT2D eigenvalue weighted by Gasteiger charge is -2.20. The number of halogens is 2. The molecule has 9 heteroatoms. The Morgan fingerprint density at radius 3 is 2.67 bits per heavy atom. The number of hydrogen-bond acceptors (Lipinski definition) is 5. The smallest absolute Gasteiger partial charge is 0.266 e. The van der Waals surface area contributed by atoms with Gasteiger partial charge >= 0.3 is 0 Å². The van der Waals surface area contributed by atoms with Crippen LogP contribution in [0.25, 0.3) is 10.2 Å². The number of aromatic nitrogens is 3. The number of fused-ring (bicyclic) bond motifs is 1. The van der Waals surface area contributed by atoms with Gasteiger partial charge in [-0.1, -0.05) is 55.0 Å². The Labute approximate surface area is 208 Å². The predicted molar refractivity (Wildman–Crippen MR) is 137 cm³/mol. The standard InChI is InChI=1S/C24H25ClN4O2S.ClH/c1-17(2)18-7-9-19(10-8-18)31-15-22(30)29(13-4-12-28-14-11-26-16-28)24-27-23-20(25)5-3-6-21(23)32-24;/h3,5-11,14,16-17H,4,12-13,15H2,1-2H3;1H. The van der Waals surface area contributed by atoms with E-state index < -0.39 is 0 Å². The topological polar surface area (TPSA) is 60.2 Å². The van der Waals surface area contributed by atoms with Crippen molar-refractivity contribution in [3.8, 4) is 5.75 Å². The van der Waals surface area contributed by atoms with Crippen molar-refractivity contribution in [3.63, 3.8) is 0 Å². The third-order valence-electron chi connectivity index (χ3n) is 5.16. The van der Waals surface area contributed by atoms with E-state index in [-0.39, 0.29) is 24.9 Å². The second-order valence-corrected chi connectivity index (χ2v) is 9.21. The Morgan fingerprint density at radius 1 is 1.21 bits per heavy atom. The number of amides is 1. The molecule has 0 aliphatic rings. The molecule has 0 atom stereocenters. The van der Waals surface area contributed by atoms with Gasteiger partial charge in [0.15, 0.2) is 11.7 Å². The lowest BCUT2D eigenvalue weighted by molar-refractivity contribution is -0.120. The highest BCUT2D eigenvalue weighted by Crippen LogP contribution is 2.33. The van der Waals surface area contributed by atoms with Crippen molar-refractivity contribution in [1.29, 1.82) is 0 Å². The van der Waals surface area contributed by atoms with Crippen molar-refractivity contribution in [3.05, 3.63) is 71.8 Å². The lowest BCUT2D eigenvalue weighted by Crippen LogP contribution is -2.36. The number of anilines is 1. The maximum atomic E-state index is 13.2. The van der Waals surface area contributed by atoms with Crippen LogP contribution in [0.3, 0.4) is 0 Å². The summed E-state index contributed by atoms with van der Waals surface area (Å²) in [5.41, 5.74) is 1.95. The molecule has 0 radical (unpaired) electrons. The first-order chi connectivity index (χ1) is 15.5. The molecular weight excluding hydrogens is 479 g/mol. The summed E-state index contributed by atoms with van der Waals surface area (Å²) >= 11 is 7.77. The average molecular weight is 505 g/mol. The number of thiazole rings is 1. The van der Waals surface area contributed by atoms with E-state index in [0.29, 0.717) is 33.9 Å². The van der Waals surface area contributed by atoms with Gasteiger partial charge in [0.2, 0.25) is 0 Å². The first-order valence-electron chi connectivity index (χ1n) is 10.5.